The highest BCUT2D eigenvalue weighted by atomic mass is 19.1. The number of amides is 1. The SMILES string of the molecule is O=C(Nc1cccc(Nc2ccnc(F)c2)c1)c1cccc(Nc2ccnc3ccc(F)cc23)c1. The highest BCUT2D eigenvalue weighted by Gasteiger charge is 2.09. The van der Waals surface area contributed by atoms with Gasteiger partial charge in [-0.3, -0.25) is 9.78 Å². The van der Waals surface area contributed by atoms with Crippen LogP contribution in [0.15, 0.2) is 97.3 Å². The Labute approximate surface area is 199 Å². The van der Waals surface area contributed by atoms with Crippen molar-refractivity contribution < 1.29 is 13.6 Å². The summed E-state index contributed by atoms with van der Waals surface area (Å²) in [5.74, 6) is -1.24. The number of nitrogens with zero attached hydrogens (tertiary/aromatic N) is 2. The van der Waals surface area contributed by atoms with Crippen molar-refractivity contribution in [1.29, 1.82) is 0 Å². The first-order valence-electron chi connectivity index (χ1n) is 10.7. The third-order valence-electron chi connectivity index (χ3n) is 5.24. The first kappa shape index (κ1) is 22.0. The number of hydrogen-bond acceptors (Lipinski definition) is 5. The Morgan fingerprint density at radius 3 is 2.29 bits per heavy atom. The van der Waals surface area contributed by atoms with Gasteiger partial charge in [-0.15, -0.1) is 0 Å². The van der Waals surface area contributed by atoms with Crippen molar-refractivity contribution >= 4 is 45.2 Å². The Morgan fingerprint density at radius 1 is 0.686 bits per heavy atom. The number of benzene rings is 3. The zero-order valence-electron chi connectivity index (χ0n) is 18.3. The molecule has 1 amide bonds. The second-order valence-electron chi connectivity index (χ2n) is 7.75. The van der Waals surface area contributed by atoms with Gasteiger partial charge in [-0.2, -0.15) is 4.39 Å². The third-order valence-corrected chi connectivity index (χ3v) is 5.24. The van der Waals surface area contributed by atoms with E-state index in [1.165, 1.54) is 24.4 Å². The van der Waals surface area contributed by atoms with Crippen molar-refractivity contribution in [2.24, 2.45) is 0 Å². The van der Waals surface area contributed by atoms with Crippen LogP contribution in [-0.4, -0.2) is 15.9 Å². The zero-order chi connectivity index (χ0) is 24.2. The molecule has 0 radical (unpaired) electrons. The van der Waals surface area contributed by atoms with Crippen LogP contribution in [-0.2, 0) is 0 Å². The Kier molecular flexibility index (Phi) is 6.00. The number of hydrogen-bond donors (Lipinski definition) is 3. The average Bonchev–Trinajstić information content (AvgIpc) is 2.85. The standard InChI is InChI=1S/C27H19F2N5O/c28-18-7-8-24-23(14-18)25(10-12-30-24)33-19-4-1-3-17(13-19)27(35)34-21-6-2-5-20(15-21)32-22-9-11-31-26(29)16-22/h1-16H,(H,30,33)(H,31,32)(H,34,35). The summed E-state index contributed by atoms with van der Waals surface area (Å²) in [7, 11) is 0. The van der Waals surface area contributed by atoms with E-state index in [9.17, 15) is 13.6 Å². The van der Waals surface area contributed by atoms with E-state index in [2.05, 4.69) is 25.9 Å². The summed E-state index contributed by atoms with van der Waals surface area (Å²) >= 11 is 0. The van der Waals surface area contributed by atoms with Crippen LogP contribution in [0.2, 0.25) is 0 Å². The van der Waals surface area contributed by atoms with Gasteiger partial charge >= 0.3 is 0 Å². The fraction of sp³-hybridized carbons (Fsp3) is 0. The maximum Gasteiger partial charge on any atom is 0.255 e. The van der Waals surface area contributed by atoms with Crippen molar-refractivity contribution in [2.75, 3.05) is 16.0 Å². The fourth-order valence-electron chi connectivity index (χ4n) is 3.65. The lowest BCUT2D eigenvalue weighted by molar-refractivity contribution is 0.102. The molecule has 3 aromatic carbocycles. The molecule has 0 bridgehead atoms. The van der Waals surface area contributed by atoms with Gasteiger partial charge in [0.15, 0.2) is 0 Å². The lowest BCUT2D eigenvalue weighted by Crippen LogP contribution is -2.12. The molecule has 0 aliphatic rings. The van der Waals surface area contributed by atoms with Crippen molar-refractivity contribution in [1.82, 2.24) is 9.97 Å². The first-order valence-corrected chi connectivity index (χ1v) is 10.7. The van der Waals surface area contributed by atoms with Crippen molar-refractivity contribution in [3.8, 4) is 0 Å². The number of anilines is 5. The van der Waals surface area contributed by atoms with Crippen LogP contribution in [0, 0.1) is 11.8 Å². The van der Waals surface area contributed by atoms with Gasteiger partial charge in [-0.1, -0.05) is 12.1 Å². The minimum absolute atomic E-state index is 0.300. The topological polar surface area (TPSA) is 78.9 Å². The number of halogens is 2. The van der Waals surface area contributed by atoms with Gasteiger partial charge in [0.2, 0.25) is 5.95 Å². The average molecular weight is 467 g/mol. The summed E-state index contributed by atoms with van der Waals surface area (Å²) in [4.78, 5) is 20.7. The molecule has 2 aromatic heterocycles. The van der Waals surface area contributed by atoms with E-state index in [0.29, 0.717) is 44.9 Å². The smallest absolute Gasteiger partial charge is 0.255 e. The zero-order valence-corrected chi connectivity index (χ0v) is 18.3. The summed E-state index contributed by atoms with van der Waals surface area (Å²) in [6.45, 7) is 0. The summed E-state index contributed by atoms with van der Waals surface area (Å²) < 4.78 is 27.1. The number of pyridine rings is 2. The molecule has 0 atom stereocenters. The van der Waals surface area contributed by atoms with Gasteiger partial charge in [0.1, 0.15) is 5.82 Å². The minimum atomic E-state index is -0.585. The predicted molar refractivity (Wildman–Crippen MR) is 133 cm³/mol. The fourth-order valence-corrected chi connectivity index (χ4v) is 3.65. The molecule has 5 aromatic rings. The second-order valence-corrected chi connectivity index (χ2v) is 7.75. The van der Waals surface area contributed by atoms with Crippen molar-refractivity contribution in [2.45, 2.75) is 0 Å². The second kappa shape index (κ2) is 9.56. The number of aromatic nitrogens is 2. The van der Waals surface area contributed by atoms with Crippen LogP contribution in [0.25, 0.3) is 10.9 Å². The molecule has 5 rings (SSSR count). The number of fused-ring (bicyclic) bond motifs is 1. The minimum Gasteiger partial charge on any atom is -0.355 e. The molecular weight excluding hydrogens is 448 g/mol. The summed E-state index contributed by atoms with van der Waals surface area (Å²) in [5, 5.41) is 9.83. The van der Waals surface area contributed by atoms with Crippen LogP contribution in [0.4, 0.5) is 37.2 Å². The number of rotatable bonds is 6. The van der Waals surface area contributed by atoms with E-state index in [4.69, 9.17) is 0 Å². The molecule has 0 unspecified atom stereocenters. The monoisotopic (exact) mass is 467 g/mol. The summed E-state index contributed by atoms with van der Waals surface area (Å²) in [6.07, 6.45) is 3.01. The van der Waals surface area contributed by atoms with Crippen LogP contribution in [0.1, 0.15) is 10.4 Å². The van der Waals surface area contributed by atoms with Crippen molar-refractivity contribution in [3.05, 3.63) is 115 Å². The molecule has 0 fully saturated rings. The molecule has 35 heavy (non-hydrogen) atoms. The highest BCUT2D eigenvalue weighted by molar-refractivity contribution is 6.05. The number of carbonyl (C=O) groups excluding carboxylic acids is 1. The number of nitrogens with one attached hydrogen (secondary N) is 3. The van der Waals surface area contributed by atoms with Crippen LogP contribution < -0.4 is 16.0 Å². The predicted octanol–water partition coefficient (Wildman–Crippen LogP) is 6.65. The third kappa shape index (κ3) is 5.22. The van der Waals surface area contributed by atoms with Gasteiger partial charge < -0.3 is 16.0 Å². The van der Waals surface area contributed by atoms with E-state index in [-0.39, 0.29) is 11.7 Å². The van der Waals surface area contributed by atoms with Crippen molar-refractivity contribution in [3.63, 3.8) is 0 Å². The summed E-state index contributed by atoms with van der Waals surface area (Å²) in [6, 6.07) is 23.2. The lowest BCUT2D eigenvalue weighted by atomic mass is 10.1. The first-order chi connectivity index (χ1) is 17.0. The van der Waals surface area contributed by atoms with Crippen LogP contribution in [0.5, 0.6) is 0 Å². The van der Waals surface area contributed by atoms with Crippen LogP contribution in [0.3, 0.4) is 0 Å². The molecular formula is C27H19F2N5O. The Bertz CT molecular complexity index is 1540. The molecule has 0 aliphatic heterocycles. The Morgan fingerprint density at radius 2 is 1.43 bits per heavy atom. The molecule has 6 nitrogen and oxygen atoms in total. The molecule has 3 N–H and O–H groups in total. The molecule has 0 aliphatic carbocycles. The van der Waals surface area contributed by atoms with Gasteiger partial charge in [-0.05, 0) is 66.7 Å². The van der Waals surface area contributed by atoms with Gasteiger partial charge in [0, 0.05) is 57.8 Å². The molecule has 0 spiro atoms. The van der Waals surface area contributed by atoms with E-state index in [1.54, 1.807) is 66.9 Å². The van der Waals surface area contributed by atoms with E-state index in [1.807, 2.05) is 6.07 Å². The number of carbonyl (C=O) groups is 1. The quantitative estimate of drug-likeness (QED) is 0.244. The lowest BCUT2D eigenvalue weighted by Gasteiger charge is -2.12. The van der Waals surface area contributed by atoms with E-state index < -0.39 is 5.95 Å². The Hall–Kier alpha value is -4.85. The van der Waals surface area contributed by atoms with E-state index >= 15 is 0 Å². The molecule has 2 heterocycles. The van der Waals surface area contributed by atoms with E-state index in [0.717, 1.165) is 0 Å². The van der Waals surface area contributed by atoms with Crippen LogP contribution >= 0.6 is 0 Å². The van der Waals surface area contributed by atoms with Gasteiger partial charge in [0.05, 0.1) is 5.52 Å². The molecule has 0 saturated carbocycles. The largest absolute Gasteiger partial charge is 0.355 e. The summed E-state index contributed by atoms with van der Waals surface area (Å²) in [5.41, 5.74) is 4.25. The molecule has 8 heteroatoms. The molecule has 172 valence electrons. The molecule has 0 saturated heterocycles. The van der Waals surface area contributed by atoms with Gasteiger partial charge in [-0.25, -0.2) is 9.37 Å². The Balaban J connectivity index is 1.32. The maximum atomic E-state index is 13.8. The maximum absolute atomic E-state index is 13.8. The highest BCUT2D eigenvalue weighted by Crippen LogP contribution is 2.27. The van der Waals surface area contributed by atoms with Gasteiger partial charge in [0.25, 0.3) is 5.91 Å². The normalized spacial score (nSPS) is 10.7.